The third kappa shape index (κ3) is 5.07. The Morgan fingerprint density at radius 1 is 1.03 bits per heavy atom. The van der Waals surface area contributed by atoms with E-state index < -0.39 is 17.6 Å². The first-order chi connectivity index (χ1) is 15.0. The van der Waals surface area contributed by atoms with Gasteiger partial charge in [-0.05, 0) is 50.8 Å². The highest BCUT2D eigenvalue weighted by Gasteiger charge is 2.51. The normalized spacial score (nSPS) is 16.9. The zero-order valence-electron chi connectivity index (χ0n) is 18.6. The Kier molecular flexibility index (Phi) is 7.69. The molecule has 1 amide bonds. The lowest BCUT2D eigenvalue weighted by Gasteiger charge is -2.47. The van der Waals surface area contributed by atoms with Crippen molar-refractivity contribution in [3.05, 3.63) is 66.2 Å². The quantitative estimate of drug-likeness (QED) is 0.621. The van der Waals surface area contributed by atoms with Crippen molar-refractivity contribution in [3.63, 3.8) is 0 Å². The molecule has 1 atom stereocenters. The molecule has 2 aromatic carbocycles. The SMILES string of the molecule is CCOC(=O)N(c1ccccc1)C1(C(=O)OC)CCN(C(C)Cc2ccccc2)CC1. The van der Waals surface area contributed by atoms with Crippen LogP contribution >= 0.6 is 0 Å². The van der Waals surface area contributed by atoms with E-state index in [1.165, 1.54) is 17.6 Å². The average molecular weight is 425 g/mol. The maximum absolute atomic E-state index is 13.1. The molecule has 1 aliphatic rings. The second kappa shape index (κ2) is 10.4. The first-order valence-corrected chi connectivity index (χ1v) is 10.9. The van der Waals surface area contributed by atoms with Gasteiger partial charge in [-0.15, -0.1) is 0 Å². The average Bonchev–Trinajstić information content (AvgIpc) is 2.80. The minimum atomic E-state index is -1.09. The topological polar surface area (TPSA) is 59.1 Å². The second-order valence-corrected chi connectivity index (χ2v) is 7.97. The molecule has 0 bridgehead atoms. The van der Waals surface area contributed by atoms with Crippen molar-refractivity contribution in [2.75, 3.05) is 31.7 Å². The van der Waals surface area contributed by atoms with Crippen LogP contribution < -0.4 is 4.90 Å². The second-order valence-electron chi connectivity index (χ2n) is 7.97. The number of rotatable bonds is 7. The number of anilines is 1. The minimum absolute atomic E-state index is 0.236. The maximum Gasteiger partial charge on any atom is 0.415 e. The number of nitrogens with zero attached hydrogens (tertiary/aromatic N) is 2. The summed E-state index contributed by atoms with van der Waals surface area (Å²) >= 11 is 0. The van der Waals surface area contributed by atoms with Crippen LogP contribution in [-0.2, 0) is 20.7 Å². The molecule has 1 aliphatic heterocycles. The molecule has 3 rings (SSSR count). The van der Waals surface area contributed by atoms with Crippen LogP contribution in [-0.4, -0.2) is 55.3 Å². The van der Waals surface area contributed by atoms with E-state index >= 15 is 0 Å². The number of benzene rings is 2. The molecular weight excluding hydrogens is 392 g/mol. The molecule has 0 N–H and O–H groups in total. The van der Waals surface area contributed by atoms with Crippen LogP contribution in [0.1, 0.15) is 32.3 Å². The van der Waals surface area contributed by atoms with E-state index in [-0.39, 0.29) is 6.61 Å². The lowest BCUT2D eigenvalue weighted by Crippen LogP contribution is -2.63. The van der Waals surface area contributed by atoms with Gasteiger partial charge in [0, 0.05) is 24.8 Å². The van der Waals surface area contributed by atoms with E-state index in [1.807, 2.05) is 36.4 Å². The summed E-state index contributed by atoms with van der Waals surface area (Å²) < 4.78 is 10.6. The van der Waals surface area contributed by atoms with Gasteiger partial charge in [0.25, 0.3) is 0 Å². The molecule has 1 fully saturated rings. The standard InChI is InChI=1S/C25H32N2O4/c1-4-31-24(29)27(22-13-9-6-10-14-22)25(23(28)30-3)15-17-26(18-16-25)20(2)19-21-11-7-5-8-12-21/h5-14,20H,4,15-19H2,1-3H3. The highest BCUT2D eigenvalue weighted by molar-refractivity contribution is 5.99. The van der Waals surface area contributed by atoms with Gasteiger partial charge in [-0.25, -0.2) is 9.59 Å². The van der Waals surface area contributed by atoms with Gasteiger partial charge in [-0.2, -0.15) is 0 Å². The molecule has 0 radical (unpaired) electrons. The number of ether oxygens (including phenoxy) is 2. The Labute approximate surface area is 184 Å². The lowest BCUT2D eigenvalue weighted by molar-refractivity contribution is -0.149. The van der Waals surface area contributed by atoms with E-state index in [4.69, 9.17) is 9.47 Å². The highest BCUT2D eigenvalue weighted by atomic mass is 16.6. The van der Waals surface area contributed by atoms with Crippen molar-refractivity contribution in [3.8, 4) is 0 Å². The number of piperidine rings is 1. The van der Waals surface area contributed by atoms with Crippen molar-refractivity contribution in [1.29, 1.82) is 0 Å². The van der Waals surface area contributed by atoms with Crippen molar-refractivity contribution >= 4 is 17.7 Å². The smallest absolute Gasteiger partial charge is 0.415 e. The van der Waals surface area contributed by atoms with Crippen LogP contribution in [0.15, 0.2) is 60.7 Å². The van der Waals surface area contributed by atoms with Crippen LogP contribution in [0, 0.1) is 0 Å². The van der Waals surface area contributed by atoms with Gasteiger partial charge in [0.1, 0.15) is 0 Å². The summed E-state index contributed by atoms with van der Waals surface area (Å²) in [6.07, 6.45) is 1.37. The number of para-hydroxylation sites is 1. The Morgan fingerprint density at radius 3 is 2.16 bits per heavy atom. The fourth-order valence-electron chi connectivity index (χ4n) is 4.42. The van der Waals surface area contributed by atoms with E-state index in [2.05, 4.69) is 36.1 Å². The number of likely N-dealkylation sites (tertiary alicyclic amines) is 1. The van der Waals surface area contributed by atoms with Gasteiger partial charge < -0.3 is 14.4 Å². The molecule has 6 heteroatoms. The van der Waals surface area contributed by atoms with Gasteiger partial charge >= 0.3 is 12.1 Å². The molecule has 0 aliphatic carbocycles. The van der Waals surface area contributed by atoms with Crippen LogP contribution in [0.3, 0.4) is 0 Å². The summed E-state index contributed by atoms with van der Waals surface area (Å²) in [7, 11) is 1.38. The molecule has 0 spiro atoms. The van der Waals surface area contributed by atoms with Gasteiger partial charge in [0.05, 0.1) is 13.7 Å². The van der Waals surface area contributed by atoms with Crippen LogP contribution in [0.5, 0.6) is 0 Å². The summed E-state index contributed by atoms with van der Waals surface area (Å²) in [5.74, 6) is -0.403. The number of carbonyl (C=O) groups excluding carboxylic acids is 2. The summed E-state index contributed by atoms with van der Waals surface area (Å²) in [6.45, 7) is 5.58. The Hall–Kier alpha value is -2.86. The van der Waals surface area contributed by atoms with Gasteiger partial charge in [0.15, 0.2) is 5.54 Å². The summed E-state index contributed by atoms with van der Waals surface area (Å²) in [5, 5.41) is 0. The van der Waals surface area contributed by atoms with Crippen molar-refractivity contribution in [2.24, 2.45) is 0 Å². The number of carbonyl (C=O) groups is 2. The van der Waals surface area contributed by atoms with Crippen molar-refractivity contribution in [2.45, 2.75) is 44.7 Å². The Bertz CT molecular complexity index is 848. The molecular formula is C25H32N2O4. The van der Waals surface area contributed by atoms with Crippen LogP contribution in [0.25, 0.3) is 0 Å². The largest absolute Gasteiger partial charge is 0.467 e. The van der Waals surface area contributed by atoms with Crippen molar-refractivity contribution < 1.29 is 19.1 Å². The minimum Gasteiger partial charge on any atom is -0.467 e. The molecule has 166 valence electrons. The molecule has 1 heterocycles. The first-order valence-electron chi connectivity index (χ1n) is 10.9. The van der Waals surface area contributed by atoms with E-state index in [0.29, 0.717) is 37.7 Å². The van der Waals surface area contributed by atoms with Gasteiger partial charge in [-0.3, -0.25) is 4.90 Å². The first kappa shape index (κ1) is 22.8. The molecule has 2 aromatic rings. The van der Waals surface area contributed by atoms with Gasteiger partial charge in [-0.1, -0.05) is 48.5 Å². The maximum atomic E-state index is 13.1. The van der Waals surface area contributed by atoms with Crippen LogP contribution in [0.4, 0.5) is 10.5 Å². The number of amides is 1. The predicted molar refractivity (Wildman–Crippen MR) is 121 cm³/mol. The predicted octanol–water partition coefficient (Wildman–Crippen LogP) is 4.29. The number of methoxy groups -OCH3 is 1. The molecule has 1 saturated heterocycles. The fourth-order valence-corrected chi connectivity index (χ4v) is 4.42. The molecule has 0 saturated carbocycles. The third-order valence-corrected chi connectivity index (χ3v) is 6.08. The monoisotopic (exact) mass is 424 g/mol. The van der Waals surface area contributed by atoms with E-state index in [0.717, 1.165) is 6.42 Å². The number of hydrogen-bond acceptors (Lipinski definition) is 5. The summed E-state index contributed by atoms with van der Waals surface area (Å²) in [6, 6.07) is 20.0. The van der Waals surface area contributed by atoms with E-state index in [1.54, 1.807) is 6.92 Å². The fraction of sp³-hybridized carbons (Fsp3) is 0.440. The molecule has 6 nitrogen and oxygen atoms in total. The molecule has 31 heavy (non-hydrogen) atoms. The zero-order valence-corrected chi connectivity index (χ0v) is 18.6. The third-order valence-electron chi connectivity index (χ3n) is 6.08. The number of hydrogen-bond donors (Lipinski definition) is 0. The zero-order chi connectivity index (χ0) is 22.3. The van der Waals surface area contributed by atoms with Crippen molar-refractivity contribution in [1.82, 2.24) is 4.90 Å². The Balaban J connectivity index is 1.84. The summed E-state index contributed by atoms with van der Waals surface area (Å²) in [4.78, 5) is 30.0. The lowest BCUT2D eigenvalue weighted by atomic mass is 9.84. The van der Waals surface area contributed by atoms with E-state index in [9.17, 15) is 9.59 Å². The highest BCUT2D eigenvalue weighted by Crippen LogP contribution is 2.36. The molecule has 1 unspecified atom stereocenters. The number of esters is 1. The summed E-state index contributed by atoms with van der Waals surface area (Å²) in [5.41, 5.74) is 0.833. The Morgan fingerprint density at radius 2 is 1.61 bits per heavy atom. The molecule has 0 aromatic heterocycles. The van der Waals surface area contributed by atoms with Gasteiger partial charge in [0.2, 0.25) is 0 Å². The van der Waals surface area contributed by atoms with Crippen LogP contribution in [0.2, 0.25) is 0 Å².